The number of rotatable bonds is 0. The topological polar surface area (TPSA) is 34.1 Å². The first-order valence-corrected chi connectivity index (χ1v) is 18.4. The fourth-order valence-electron chi connectivity index (χ4n) is 7.67. The zero-order valence-electron chi connectivity index (χ0n) is 30.5. The summed E-state index contributed by atoms with van der Waals surface area (Å²) in [6.07, 6.45) is 21.5. The van der Waals surface area contributed by atoms with Crippen LogP contribution in [0.2, 0.25) is 0 Å². The van der Waals surface area contributed by atoms with Crippen LogP contribution in [0.15, 0.2) is 72.8 Å². The van der Waals surface area contributed by atoms with Crippen LogP contribution >= 0.6 is 0 Å². The molecule has 4 aliphatic carbocycles. The van der Waals surface area contributed by atoms with Gasteiger partial charge in [-0.3, -0.25) is 0 Å². The average molecular weight is 645 g/mol. The third-order valence-electron chi connectivity index (χ3n) is 10.3. The summed E-state index contributed by atoms with van der Waals surface area (Å²) in [4.78, 5) is 16.0. The molecule has 2 heteroatoms. The lowest BCUT2D eigenvalue weighted by molar-refractivity contribution is -0.0987. The van der Waals surface area contributed by atoms with Crippen LogP contribution in [0.3, 0.4) is 0 Å². The molecule has 0 fully saturated rings. The van der Waals surface area contributed by atoms with Gasteiger partial charge in [0, 0.05) is 0 Å². The van der Waals surface area contributed by atoms with Crippen molar-refractivity contribution >= 4 is 13.6 Å². The Kier molecular flexibility index (Phi) is 17.1. The van der Waals surface area contributed by atoms with E-state index in [1.807, 2.05) is 13.6 Å². The fourth-order valence-corrected chi connectivity index (χ4v) is 7.67. The first-order valence-electron chi connectivity index (χ1n) is 18.4. The second kappa shape index (κ2) is 21.2. The maximum atomic E-state index is 8.00. The summed E-state index contributed by atoms with van der Waals surface area (Å²) in [7, 11) is 0. The molecule has 0 bridgehead atoms. The Morgan fingerprint density at radius 3 is 1.02 bits per heavy atom. The van der Waals surface area contributed by atoms with Crippen LogP contribution in [-0.4, -0.2) is 13.6 Å². The number of hydrogen-bond donors (Lipinski definition) is 0. The van der Waals surface area contributed by atoms with E-state index in [0.717, 1.165) is 0 Å². The molecule has 0 amide bonds. The van der Waals surface area contributed by atoms with E-state index in [0.29, 0.717) is 0 Å². The van der Waals surface area contributed by atoms with Crippen molar-refractivity contribution in [3.8, 4) is 0 Å². The quantitative estimate of drug-likeness (QED) is 0.191. The van der Waals surface area contributed by atoms with Crippen LogP contribution in [0.5, 0.6) is 0 Å². The Morgan fingerprint density at radius 1 is 0.354 bits per heavy atom. The Morgan fingerprint density at radius 2 is 0.667 bits per heavy atom. The minimum Gasteiger partial charge on any atom is -0.307 e. The third kappa shape index (κ3) is 11.7. The molecule has 4 aliphatic rings. The Balaban J connectivity index is 0.000000168. The zero-order valence-corrected chi connectivity index (χ0v) is 30.5. The van der Waals surface area contributed by atoms with Gasteiger partial charge < -0.3 is 9.59 Å². The monoisotopic (exact) mass is 644 g/mol. The van der Waals surface area contributed by atoms with Crippen molar-refractivity contribution in [1.82, 2.24) is 0 Å². The number of aryl methyl sites for hydroxylation is 10. The molecule has 0 N–H and O–H groups in total. The van der Waals surface area contributed by atoms with Crippen LogP contribution < -0.4 is 0 Å². The summed E-state index contributed by atoms with van der Waals surface area (Å²) in [6, 6.07) is 27.1. The average Bonchev–Trinajstić information content (AvgIpc) is 3.14. The van der Waals surface area contributed by atoms with Gasteiger partial charge in [-0.15, -0.1) is 0 Å². The summed E-state index contributed by atoms with van der Waals surface area (Å²) in [6.45, 7) is 12.8. The first-order chi connectivity index (χ1) is 23.5. The lowest BCUT2D eigenvalue weighted by Gasteiger charge is -2.17. The molecule has 48 heavy (non-hydrogen) atoms. The molecule has 0 heterocycles. The molecule has 0 radical (unpaired) electrons. The number of carbonyl (C=O) groups excluding carboxylic acids is 2. The van der Waals surface area contributed by atoms with Crippen LogP contribution in [0.25, 0.3) is 0 Å². The summed E-state index contributed by atoms with van der Waals surface area (Å²) < 4.78 is 0. The number of hydrogen-bond acceptors (Lipinski definition) is 2. The molecule has 4 aromatic carbocycles. The van der Waals surface area contributed by atoms with Gasteiger partial charge in [0.1, 0.15) is 13.6 Å². The Hall–Kier alpha value is -3.78. The van der Waals surface area contributed by atoms with Crippen molar-refractivity contribution in [2.75, 3.05) is 0 Å². The van der Waals surface area contributed by atoms with Gasteiger partial charge in [0.05, 0.1) is 0 Å². The molecule has 0 saturated carbocycles. The van der Waals surface area contributed by atoms with E-state index in [2.05, 4.69) is 100 Å². The maximum Gasteiger partial charge on any atom is 0.106 e. The van der Waals surface area contributed by atoms with Crippen molar-refractivity contribution in [2.24, 2.45) is 0 Å². The summed E-state index contributed by atoms with van der Waals surface area (Å²) >= 11 is 0. The molecule has 0 unspecified atom stereocenters. The summed E-state index contributed by atoms with van der Waals surface area (Å²) in [5.74, 6) is 0. The molecule has 8 rings (SSSR count). The number of benzene rings is 4. The minimum absolute atomic E-state index is 1.30. The zero-order chi connectivity index (χ0) is 34.7. The third-order valence-corrected chi connectivity index (χ3v) is 10.3. The largest absolute Gasteiger partial charge is 0.307 e. The van der Waals surface area contributed by atoms with Crippen LogP contribution in [0.4, 0.5) is 0 Å². The van der Waals surface area contributed by atoms with E-state index in [4.69, 9.17) is 9.59 Å². The number of carbonyl (C=O) groups is 2. The molecule has 0 aromatic heterocycles. The van der Waals surface area contributed by atoms with Gasteiger partial charge in [0.15, 0.2) is 0 Å². The predicted molar refractivity (Wildman–Crippen MR) is 206 cm³/mol. The SMILES string of the molecule is C=O.C=O.Cc1ccc2c(c1)CCCC2.Cc1ccc2c(c1)CCCC2.Cc1cccc2c1CCCC2.Cc1cccc2c1CCCC2. The summed E-state index contributed by atoms with van der Waals surface area (Å²) in [5, 5.41) is 0. The molecular weight excluding hydrogens is 585 g/mol. The van der Waals surface area contributed by atoms with Crippen molar-refractivity contribution in [2.45, 2.75) is 130 Å². The van der Waals surface area contributed by atoms with Crippen LogP contribution in [0, 0.1) is 27.7 Å². The molecular formula is C46H60O2. The van der Waals surface area contributed by atoms with Crippen molar-refractivity contribution in [1.29, 1.82) is 0 Å². The standard InChI is InChI=1S/4C11H14.2CH2O/c2*1-9-5-4-7-10-6-2-3-8-11(9)10;2*1-9-6-7-10-4-2-3-5-11(10)8-9;2*1-2/h2*4-5,7H,2-3,6,8H2,1H3;2*6-8H,2-5H2,1H3;2*1H2. The van der Waals surface area contributed by atoms with Gasteiger partial charge in [-0.1, -0.05) is 83.9 Å². The second-order valence-electron chi connectivity index (χ2n) is 13.8. The van der Waals surface area contributed by atoms with E-state index in [-0.39, 0.29) is 0 Å². The second-order valence-corrected chi connectivity index (χ2v) is 13.8. The predicted octanol–water partition coefficient (Wildman–Crippen LogP) is 11.1. The Labute approximate surface area is 292 Å². The van der Waals surface area contributed by atoms with E-state index in [1.165, 1.54) is 125 Å². The van der Waals surface area contributed by atoms with Crippen molar-refractivity contribution in [3.63, 3.8) is 0 Å². The highest BCUT2D eigenvalue weighted by Gasteiger charge is 2.11. The highest BCUT2D eigenvalue weighted by atomic mass is 16.1. The van der Waals surface area contributed by atoms with Gasteiger partial charge in [-0.25, -0.2) is 0 Å². The smallest absolute Gasteiger partial charge is 0.106 e. The highest BCUT2D eigenvalue weighted by Crippen LogP contribution is 2.25. The van der Waals surface area contributed by atoms with E-state index in [9.17, 15) is 0 Å². The fraction of sp³-hybridized carbons (Fsp3) is 0.435. The van der Waals surface area contributed by atoms with Gasteiger partial charge in [-0.2, -0.15) is 0 Å². The highest BCUT2D eigenvalue weighted by molar-refractivity contribution is 5.37. The van der Waals surface area contributed by atoms with Crippen molar-refractivity contribution < 1.29 is 9.59 Å². The van der Waals surface area contributed by atoms with Gasteiger partial charge in [0.2, 0.25) is 0 Å². The number of fused-ring (bicyclic) bond motifs is 4. The van der Waals surface area contributed by atoms with E-state index in [1.54, 1.807) is 44.5 Å². The maximum absolute atomic E-state index is 8.00. The normalized spacial score (nSPS) is 14.9. The molecule has 0 saturated heterocycles. The van der Waals surface area contributed by atoms with Crippen molar-refractivity contribution in [3.05, 3.63) is 140 Å². The van der Waals surface area contributed by atoms with Crippen LogP contribution in [0.1, 0.15) is 118 Å². The minimum atomic E-state index is 1.30. The molecule has 4 aromatic rings. The molecule has 0 atom stereocenters. The molecule has 256 valence electrons. The summed E-state index contributed by atoms with van der Waals surface area (Å²) in [5.41, 5.74) is 18.6. The van der Waals surface area contributed by atoms with E-state index < -0.39 is 0 Å². The van der Waals surface area contributed by atoms with Gasteiger partial charge in [0.25, 0.3) is 0 Å². The van der Waals surface area contributed by atoms with Gasteiger partial charge >= 0.3 is 0 Å². The molecule has 0 aliphatic heterocycles. The molecule has 2 nitrogen and oxygen atoms in total. The molecule has 0 spiro atoms. The Bertz CT molecular complexity index is 1430. The van der Waals surface area contributed by atoms with Gasteiger partial charge in [-0.05, 0) is 186 Å². The van der Waals surface area contributed by atoms with E-state index >= 15 is 0 Å². The first kappa shape index (κ1) is 38.7. The lowest BCUT2D eigenvalue weighted by Crippen LogP contribution is -2.03. The lowest BCUT2D eigenvalue weighted by atomic mass is 9.89. The van der Waals surface area contributed by atoms with Crippen LogP contribution in [-0.2, 0) is 61.0 Å².